The highest BCUT2D eigenvalue weighted by Gasteiger charge is 2.20. The number of nitrogens with zero attached hydrogens (tertiary/aromatic N) is 5. The topological polar surface area (TPSA) is 77.6 Å². The first-order chi connectivity index (χ1) is 15.1. The van der Waals surface area contributed by atoms with E-state index in [0.29, 0.717) is 23.1 Å². The van der Waals surface area contributed by atoms with Gasteiger partial charge >= 0.3 is 0 Å². The molecular formula is C23H23FN6O. The number of fused-ring (bicyclic) bond motifs is 1. The van der Waals surface area contributed by atoms with Gasteiger partial charge in [-0.25, -0.2) is 14.1 Å². The summed E-state index contributed by atoms with van der Waals surface area (Å²) in [4.78, 5) is 22.0. The molecule has 8 heteroatoms. The second-order valence-corrected chi connectivity index (χ2v) is 8.01. The lowest BCUT2D eigenvalue weighted by Gasteiger charge is -2.25. The van der Waals surface area contributed by atoms with Crippen LogP contribution in [0, 0.1) is 12.7 Å². The third-order valence-electron chi connectivity index (χ3n) is 5.84. The molecule has 1 saturated carbocycles. The van der Waals surface area contributed by atoms with Crippen LogP contribution < -0.4 is 10.9 Å². The van der Waals surface area contributed by atoms with Crippen LogP contribution in [0.3, 0.4) is 0 Å². The zero-order chi connectivity index (χ0) is 21.4. The van der Waals surface area contributed by atoms with Gasteiger partial charge in [-0.1, -0.05) is 25.3 Å². The van der Waals surface area contributed by atoms with E-state index in [1.165, 1.54) is 18.6 Å². The van der Waals surface area contributed by atoms with Crippen LogP contribution in [0.4, 0.5) is 16.2 Å². The number of aryl methyl sites for hydroxylation is 1. The molecular weight excluding hydrogens is 395 g/mol. The van der Waals surface area contributed by atoms with Crippen molar-refractivity contribution in [2.75, 3.05) is 5.32 Å². The molecule has 0 amide bonds. The lowest BCUT2D eigenvalue weighted by Crippen LogP contribution is -2.27. The zero-order valence-corrected chi connectivity index (χ0v) is 17.3. The van der Waals surface area contributed by atoms with E-state index in [2.05, 4.69) is 15.4 Å². The maximum Gasteiger partial charge on any atom is 0.252 e. The second-order valence-electron chi connectivity index (χ2n) is 8.01. The van der Waals surface area contributed by atoms with Crippen LogP contribution in [0.1, 0.15) is 43.7 Å². The number of benzene rings is 1. The summed E-state index contributed by atoms with van der Waals surface area (Å²) >= 11 is 0. The standard InChI is InChI=1S/C23H23FN6O/c1-15-12-21(31)30(17-7-3-2-4-8-17)22-19(15)14-25-23(27-22)26-20-10-11-29(28-20)18-9-5-6-16(24)13-18/h5-6,9-14,17H,2-4,7-8H2,1H3,(H,25,26,27,28). The molecule has 0 aliphatic heterocycles. The molecule has 0 bridgehead atoms. The molecule has 0 unspecified atom stereocenters. The van der Waals surface area contributed by atoms with Crippen molar-refractivity contribution in [2.45, 2.75) is 45.1 Å². The Kier molecular flexibility index (Phi) is 4.97. The Balaban J connectivity index is 1.50. The van der Waals surface area contributed by atoms with Crippen LogP contribution >= 0.6 is 0 Å². The maximum atomic E-state index is 13.5. The Morgan fingerprint density at radius 1 is 1.13 bits per heavy atom. The first-order valence-corrected chi connectivity index (χ1v) is 10.6. The van der Waals surface area contributed by atoms with Crippen molar-refractivity contribution in [3.63, 3.8) is 0 Å². The van der Waals surface area contributed by atoms with E-state index in [1.807, 2.05) is 11.5 Å². The number of pyridine rings is 1. The Hall–Kier alpha value is -3.55. The number of hydrogen-bond donors (Lipinski definition) is 1. The third kappa shape index (κ3) is 3.81. The number of anilines is 2. The Morgan fingerprint density at radius 3 is 2.77 bits per heavy atom. The molecule has 4 aromatic rings. The van der Waals surface area contributed by atoms with Crippen LogP contribution in [0.5, 0.6) is 0 Å². The summed E-state index contributed by atoms with van der Waals surface area (Å²) in [7, 11) is 0. The van der Waals surface area contributed by atoms with Gasteiger partial charge in [0.1, 0.15) is 11.5 Å². The summed E-state index contributed by atoms with van der Waals surface area (Å²) in [6.07, 6.45) is 8.93. The first kappa shape index (κ1) is 19.4. The molecule has 31 heavy (non-hydrogen) atoms. The van der Waals surface area contributed by atoms with Crippen molar-refractivity contribution in [2.24, 2.45) is 0 Å². The molecule has 158 valence electrons. The summed E-state index contributed by atoms with van der Waals surface area (Å²) < 4.78 is 16.9. The number of nitrogens with one attached hydrogen (secondary N) is 1. The van der Waals surface area contributed by atoms with Gasteiger partial charge < -0.3 is 5.32 Å². The fourth-order valence-electron chi connectivity index (χ4n) is 4.29. The fraction of sp³-hybridized carbons (Fsp3) is 0.304. The lowest BCUT2D eigenvalue weighted by molar-refractivity contribution is 0.353. The van der Waals surface area contributed by atoms with Crippen LogP contribution in [0.2, 0.25) is 0 Å². The SMILES string of the molecule is Cc1cc(=O)n(C2CCCCC2)c2nc(Nc3ccn(-c4cccc(F)c4)n3)ncc12. The highest BCUT2D eigenvalue weighted by Crippen LogP contribution is 2.30. The van der Waals surface area contributed by atoms with Crippen molar-refractivity contribution in [1.29, 1.82) is 0 Å². The van der Waals surface area contributed by atoms with E-state index < -0.39 is 0 Å². The lowest BCUT2D eigenvalue weighted by atomic mass is 9.95. The molecule has 0 spiro atoms. The molecule has 5 rings (SSSR count). The Bertz CT molecular complexity index is 1310. The largest absolute Gasteiger partial charge is 0.307 e. The molecule has 1 aliphatic rings. The van der Waals surface area contributed by atoms with Crippen LogP contribution in [-0.4, -0.2) is 24.3 Å². The van der Waals surface area contributed by atoms with Gasteiger partial charge in [0.05, 0.1) is 5.69 Å². The van der Waals surface area contributed by atoms with Crippen LogP contribution in [0.15, 0.2) is 53.6 Å². The van der Waals surface area contributed by atoms with Crippen LogP contribution in [0.25, 0.3) is 16.7 Å². The van der Waals surface area contributed by atoms with Gasteiger partial charge in [-0.2, -0.15) is 10.1 Å². The quantitative estimate of drug-likeness (QED) is 0.521. The van der Waals surface area contributed by atoms with Gasteiger partial charge in [-0.3, -0.25) is 9.36 Å². The normalized spacial score (nSPS) is 14.8. The van der Waals surface area contributed by atoms with E-state index in [0.717, 1.165) is 36.6 Å². The minimum Gasteiger partial charge on any atom is -0.307 e. The third-order valence-corrected chi connectivity index (χ3v) is 5.84. The molecule has 3 heterocycles. The maximum absolute atomic E-state index is 13.5. The van der Waals surface area contributed by atoms with Crippen molar-refractivity contribution >= 4 is 22.8 Å². The van der Waals surface area contributed by atoms with Crippen molar-refractivity contribution < 1.29 is 4.39 Å². The predicted molar refractivity (Wildman–Crippen MR) is 117 cm³/mol. The zero-order valence-electron chi connectivity index (χ0n) is 17.3. The summed E-state index contributed by atoms with van der Waals surface area (Å²) in [6, 6.07) is 9.82. The summed E-state index contributed by atoms with van der Waals surface area (Å²) in [5, 5.41) is 8.42. The van der Waals surface area contributed by atoms with Crippen molar-refractivity contribution in [3.05, 3.63) is 70.5 Å². The molecule has 3 aromatic heterocycles. The van der Waals surface area contributed by atoms with Crippen molar-refractivity contribution in [3.8, 4) is 5.69 Å². The predicted octanol–water partition coefficient (Wildman–Crippen LogP) is 4.67. The highest BCUT2D eigenvalue weighted by atomic mass is 19.1. The first-order valence-electron chi connectivity index (χ1n) is 10.6. The smallest absolute Gasteiger partial charge is 0.252 e. The van der Waals surface area contributed by atoms with Gasteiger partial charge in [-0.05, 0) is 43.5 Å². The van der Waals surface area contributed by atoms with Gasteiger partial charge in [0, 0.05) is 36.0 Å². The van der Waals surface area contributed by atoms with E-state index in [4.69, 9.17) is 4.98 Å². The molecule has 1 fully saturated rings. The number of halogens is 1. The molecule has 0 saturated heterocycles. The summed E-state index contributed by atoms with van der Waals surface area (Å²) in [6.45, 7) is 1.91. The fourth-order valence-corrected chi connectivity index (χ4v) is 4.29. The van der Waals surface area contributed by atoms with E-state index in [-0.39, 0.29) is 17.4 Å². The summed E-state index contributed by atoms with van der Waals surface area (Å²) in [5.74, 6) is 0.575. The van der Waals surface area contributed by atoms with Gasteiger partial charge in [-0.15, -0.1) is 0 Å². The van der Waals surface area contributed by atoms with E-state index >= 15 is 0 Å². The average molecular weight is 418 g/mol. The second kappa shape index (κ2) is 7.94. The molecule has 7 nitrogen and oxygen atoms in total. The highest BCUT2D eigenvalue weighted by molar-refractivity contribution is 5.79. The minimum atomic E-state index is -0.323. The Labute approximate surface area is 178 Å². The number of aromatic nitrogens is 5. The summed E-state index contributed by atoms with van der Waals surface area (Å²) in [5.41, 5.74) is 2.12. The monoisotopic (exact) mass is 418 g/mol. The molecule has 1 aromatic carbocycles. The number of hydrogen-bond acceptors (Lipinski definition) is 5. The average Bonchev–Trinajstić information content (AvgIpc) is 3.23. The molecule has 1 N–H and O–H groups in total. The van der Waals surface area contributed by atoms with Crippen molar-refractivity contribution in [1.82, 2.24) is 24.3 Å². The molecule has 0 radical (unpaired) electrons. The van der Waals surface area contributed by atoms with E-state index in [1.54, 1.807) is 41.3 Å². The number of rotatable bonds is 4. The van der Waals surface area contributed by atoms with Gasteiger partial charge in [0.2, 0.25) is 5.95 Å². The van der Waals surface area contributed by atoms with Gasteiger partial charge in [0.15, 0.2) is 5.82 Å². The molecule has 1 aliphatic carbocycles. The van der Waals surface area contributed by atoms with E-state index in [9.17, 15) is 9.18 Å². The minimum absolute atomic E-state index is 0.0167. The Morgan fingerprint density at radius 2 is 1.97 bits per heavy atom. The van der Waals surface area contributed by atoms with Gasteiger partial charge in [0.25, 0.3) is 5.56 Å². The molecule has 0 atom stereocenters. The van der Waals surface area contributed by atoms with Crippen LogP contribution in [-0.2, 0) is 0 Å².